The summed E-state index contributed by atoms with van der Waals surface area (Å²) in [6.07, 6.45) is 2.13. The molecule has 0 amide bonds. The zero-order chi connectivity index (χ0) is 17.0. The van der Waals surface area contributed by atoms with Crippen molar-refractivity contribution in [3.8, 4) is 17.8 Å². The number of hydrogen-bond donors (Lipinski definition) is 1. The molecular formula is C13H6F3N7. The molecule has 1 aromatic heterocycles. The summed E-state index contributed by atoms with van der Waals surface area (Å²) in [5, 5.41) is 24.7. The number of halogens is 3. The van der Waals surface area contributed by atoms with Crippen LogP contribution >= 0.6 is 0 Å². The van der Waals surface area contributed by atoms with E-state index in [-0.39, 0.29) is 11.4 Å². The number of nitriles is 2. The van der Waals surface area contributed by atoms with Gasteiger partial charge in [-0.2, -0.15) is 15.6 Å². The molecule has 2 aromatic rings. The third kappa shape index (κ3) is 3.33. The van der Waals surface area contributed by atoms with Crippen molar-refractivity contribution in [2.24, 2.45) is 10.7 Å². The number of aliphatic imine (C=N–C) groups is 1. The van der Waals surface area contributed by atoms with Crippen LogP contribution in [0.4, 0.5) is 13.2 Å². The molecule has 23 heavy (non-hydrogen) atoms. The van der Waals surface area contributed by atoms with Crippen LogP contribution in [0, 0.1) is 40.1 Å². The highest BCUT2D eigenvalue weighted by Gasteiger charge is 2.15. The first-order valence-corrected chi connectivity index (χ1v) is 5.87. The van der Waals surface area contributed by atoms with Crippen LogP contribution in [0.2, 0.25) is 0 Å². The normalized spacial score (nSPS) is 11.9. The highest BCUT2D eigenvalue weighted by Crippen LogP contribution is 2.17. The number of rotatable bonds is 3. The van der Waals surface area contributed by atoms with Gasteiger partial charge in [0.2, 0.25) is 0 Å². The Hall–Kier alpha value is -3.66. The van der Waals surface area contributed by atoms with E-state index in [4.69, 9.17) is 16.3 Å². The van der Waals surface area contributed by atoms with Crippen molar-refractivity contribution in [3.63, 3.8) is 0 Å². The van der Waals surface area contributed by atoms with Crippen molar-refractivity contribution in [1.82, 2.24) is 15.0 Å². The average molecular weight is 317 g/mol. The number of nitrogens with two attached hydrogens (primary N) is 1. The van der Waals surface area contributed by atoms with Crippen LogP contribution in [0.1, 0.15) is 5.69 Å². The Kier molecular flexibility index (Phi) is 4.38. The van der Waals surface area contributed by atoms with Crippen molar-refractivity contribution in [2.45, 2.75) is 0 Å². The number of hydrogen-bond acceptors (Lipinski definition) is 6. The van der Waals surface area contributed by atoms with Gasteiger partial charge in [-0.25, -0.2) is 18.2 Å². The van der Waals surface area contributed by atoms with E-state index >= 15 is 0 Å². The summed E-state index contributed by atoms with van der Waals surface area (Å²) in [5.41, 5.74) is 3.87. The first-order valence-electron chi connectivity index (χ1n) is 5.87. The maximum Gasteiger partial charge on any atom is 0.174 e. The number of nitrogens with zero attached hydrogens (tertiary/aromatic N) is 6. The Labute approximate surface area is 127 Å². The lowest BCUT2D eigenvalue weighted by molar-refractivity contribution is 0.518. The first-order chi connectivity index (χ1) is 11.0. The van der Waals surface area contributed by atoms with Crippen LogP contribution in [-0.4, -0.2) is 21.2 Å². The summed E-state index contributed by atoms with van der Waals surface area (Å²) in [7, 11) is 0. The molecule has 0 aliphatic rings. The predicted molar refractivity (Wildman–Crippen MR) is 71.3 cm³/mol. The van der Waals surface area contributed by atoms with E-state index in [1.165, 1.54) is 0 Å². The van der Waals surface area contributed by atoms with Crippen LogP contribution < -0.4 is 5.73 Å². The monoisotopic (exact) mass is 317 g/mol. The molecule has 2 rings (SSSR count). The lowest BCUT2D eigenvalue weighted by atomic mass is 10.3. The zero-order valence-electron chi connectivity index (χ0n) is 11.2. The molecule has 0 radical (unpaired) electrons. The van der Waals surface area contributed by atoms with Gasteiger partial charge in [-0.15, -0.1) is 9.90 Å². The molecule has 0 aliphatic carbocycles. The zero-order valence-corrected chi connectivity index (χ0v) is 11.2. The van der Waals surface area contributed by atoms with Crippen LogP contribution in [0.3, 0.4) is 0 Å². The molecule has 0 aliphatic heterocycles. The molecule has 0 spiro atoms. The standard InChI is InChI=1S/C13H6F3N7/c14-7-1-9(15)13(10(16)2-7)23-21-6-8(22-23)5-20-12(4-18)11(19)3-17/h1-2,5-6H,19H2/b12-11-,20-5?. The van der Waals surface area contributed by atoms with Gasteiger partial charge in [0.25, 0.3) is 0 Å². The van der Waals surface area contributed by atoms with E-state index in [0.717, 1.165) is 12.4 Å². The summed E-state index contributed by atoms with van der Waals surface area (Å²) in [5.74, 6) is -3.45. The highest BCUT2D eigenvalue weighted by atomic mass is 19.1. The van der Waals surface area contributed by atoms with Crippen molar-refractivity contribution in [2.75, 3.05) is 0 Å². The van der Waals surface area contributed by atoms with Gasteiger partial charge in [0.05, 0.1) is 12.4 Å². The molecule has 114 valence electrons. The molecule has 0 saturated heterocycles. The summed E-state index contributed by atoms with van der Waals surface area (Å²) >= 11 is 0. The Morgan fingerprint density at radius 1 is 1.22 bits per heavy atom. The molecule has 1 heterocycles. The summed E-state index contributed by atoms with van der Waals surface area (Å²) in [4.78, 5) is 4.24. The third-order valence-electron chi connectivity index (χ3n) is 2.50. The number of aromatic nitrogens is 3. The molecule has 0 unspecified atom stereocenters. The van der Waals surface area contributed by atoms with Crippen molar-refractivity contribution in [3.05, 3.63) is 52.9 Å². The summed E-state index contributed by atoms with van der Waals surface area (Å²) in [6, 6.07) is 4.12. The van der Waals surface area contributed by atoms with Crippen molar-refractivity contribution in [1.29, 1.82) is 10.5 Å². The minimum atomic E-state index is -1.19. The van der Waals surface area contributed by atoms with Gasteiger partial charge in [-0.1, -0.05) is 0 Å². The Bertz CT molecular complexity index is 876. The van der Waals surface area contributed by atoms with Crippen LogP contribution in [0.25, 0.3) is 5.69 Å². The summed E-state index contributed by atoms with van der Waals surface area (Å²) < 4.78 is 40.1. The van der Waals surface area contributed by atoms with E-state index in [2.05, 4.69) is 15.2 Å². The van der Waals surface area contributed by atoms with E-state index in [1.807, 2.05) is 0 Å². The van der Waals surface area contributed by atoms with Crippen LogP contribution in [0.5, 0.6) is 0 Å². The molecule has 0 bridgehead atoms. The number of allylic oxidation sites excluding steroid dienone is 2. The second kappa shape index (κ2) is 6.41. The van der Waals surface area contributed by atoms with Gasteiger partial charge < -0.3 is 5.73 Å². The van der Waals surface area contributed by atoms with Gasteiger partial charge in [-0.05, 0) is 0 Å². The minimum Gasteiger partial charge on any atom is -0.388 e. The van der Waals surface area contributed by atoms with Gasteiger partial charge in [0.1, 0.15) is 29.3 Å². The van der Waals surface area contributed by atoms with E-state index < -0.39 is 28.8 Å². The minimum absolute atomic E-state index is 0.0339. The second-order valence-electron chi connectivity index (χ2n) is 4.02. The van der Waals surface area contributed by atoms with Crippen LogP contribution in [-0.2, 0) is 0 Å². The molecule has 1 aromatic carbocycles. The molecule has 2 N–H and O–H groups in total. The Morgan fingerprint density at radius 2 is 1.87 bits per heavy atom. The third-order valence-corrected chi connectivity index (χ3v) is 2.50. The molecule has 0 saturated carbocycles. The van der Waals surface area contributed by atoms with E-state index in [9.17, 15) is 13.2 Å². The molecule has 7 nitrogen and oxygen atoms in total. The van der Waals surface area contributed by atoms with E-state index in [0.29, 0.717) is 16.9 Å². The highest BCUT2D eigenvalue weighted by molar-refractivity contribution is 5.77. The SMILES string of the molecule is N#C/C(N)=C(\C#N)N=Cc1cnn(-c2c(F)cc(F)cc2F)n1. The largest absolute Gasteiger partial charge is 0.388 e. The fourth-order valence-electron chi connectivity index (χ4n) is 1.51. The topological polar surface area (TPSA) is 117 Å². The Morgan fingerprint density at radius 3 is 2.43 bits per heavy atom. The maximum atomic E-state index is 13.6. The average Bonchev–Trinajstić information content (AvgIpc) is 2.95. The smallest absolute Gasteiger partial charge is 0.174 e. The fourth-order valence-corrected chi connectivity index (χ4v) is 1.51. The van der Waals surface area contributed by atoms with E-state index in [1.54, 1.807) is 12.1 Å². The van der Waals surface area contributed by atoms with Crippen LogP contribution in [0.15, 0.2) is 34.7 Å². The molecule has 10 heteroatoms. The van der Waals surface area contributed by atoms with Crippen molar-refractivity contribution >= 4 is 6.21 Å². The van der Waals surface area contributed by atoms with Gasteiger partial charge in [0.15, 0.2) is 23.0 Å². The lowest BCUT2D eigenvalue weighted by Gasteiger charge is -2.02. The quantitative estimate of drug-likeness (QED) is 0.677. The van der Waals surface area contributed by atoms with Gasteiger partial charge >= 0.3 is 0 Å². The Balaban J connectivity index is 2.37. The molecule has 0 atom stereocenters. The maximum absolute atomic E-state index is 13.6. The first kappa shape index (κ1) is 15.7. The second-order valence-corrected chi connectivity index (χ2v) is 4.02. The predicted octanol–water partition coefficient (Wildman–Crippen LogP) is 1.32. The van der Waals surface area contributed by atoms with Gasteiger partial charge in [0, 0.05) is 12.1 Å². The molecular weight excluding hydrogens is 311 g/mol. The fraction of sp³-hybridized carbons (Fsp3) is 0. The number of benzene rings is 1. The van der Waals surface area contributed by atoms with Crippen molar-refractivity contribution < 1.29 is 13.2 Å². The lowest BCUT2D eigenvalue weighted by Crippen LogP contribution is -2.06. The van der Waals surface area contributed by atoms with Gasteiger partial charge in [-0.3, -0.25) is 0 Å². The molecule has 0 fully saturated rings. The summed E-state index contributed by atoms with van der Waals surface area (Å²) in [6.45, 7) is 0.